The molecular weight excluding hydrogens is 306 g/mol. The third kappa shape index (κ3) is 4.55. The van der Waals surface area contributed by atoms with Gasteiger partial charge < -0.3 is 9.64 Å². The molecule has 0 aromatic heterocycles. The average Bonchev–Trinajstić information content (AvgIpc) is 2.56. The Morgan fingerprint density at radius 1 is 1.22 bits per heavy atom. The van der Waals surface area contributed by atoms with Gasteiger partial charge >= 0.3 is 0 Å². The number of hydrogen-bond acceptors (Lipinski definition) is 2. The van der Waals surface area contributed by atoms with Gasteiger partial charge in [0.1, 0.15) is 12.4 Å². The molecule has 0 heterocycles. The van der Waals surface area contributed by atoms with Crippen molar-refractivity contribution < 1.29 is 4.74 Å². The van der Waals surface area contributed by atoms with Gasteiger partial charge in [-0.05, 0) is 44.2 Å². The molecule has 0 unspecified atom stereocenters. The summed E-state index contributed by atoms with van der Waals surface area (Å²) in [6.45, 7) is 5.40. The molecule has 0 saturated heterocycles. The van der Waals surface area contributed by atoms with Crippen LogP contribution in [-0.2, 0) is 6.61 Å². The van der Waals surface area contributed by atoms with E-state index in [1.807, 2.05) is 55.5 Å². The lowest BCUT2D eigenvalue weighted by Crippen LogP contribution is -2.19. The smallest absolute Gasteiger partial charge is 0.119 e. The summed E-state index contributed by atoms with van der Waals surface area (Å²) in [6, 6.07) is 15.7. The van der Waals surface area contributed by atoms with Gasteiger partial charge in [-0.3, -0.25) is 0 Å². The second-order valence-electron chi connectivity index (χ2n) is 5.07. The minimum absolute atomic E-state index is 0.451. The van der Waals surface area contributed by atoms with Crippen molar-refractivity contribution in [1.82, 2.24) is 0 Å². The lowest BCUT2D eigenvalue weighted by Gasteiger charge is -2.23. The van der Waals surface area contributed by atoms with Crippen molar-refractivity contribution in [3.05, 3.63) is 70.9 Å². The van der Waals surface area contributed by atoms with Crippen LogP contribution in [-0.4, -0.2) is 6.54 Å². The zero-order valence-electron chi connectivity index (χ0n) is 13.4. The SMILES string of the molecule is C#C/C=C(/C)N(CC)c1ccc(OCc2ccccc2Cl)cc1. The molecule has 0 aliphatic rings. The fraction of sp³-hybridized carbons (Fsp3) is 0.200. The summed E-state index contributed by atoms with van der Waals surface area (Å²) in [5, 5.41) is 0.719. The zero-order valence-corrected chi connectivity index (χ0v) is 14.2. The maximum absolute atomic E-state index is 6.13. The standard InChI is InChI=1S/C20H20ClNO/c1-4-8-16(3)22(5-2)18-11-13-19(14-12-18)23-15-17-9-6-7-10-20(17)21/h1,6-14H,5,15H2,2-3H3/b16-8-. The van der Waals surface area contributed by atoms with E-state index >= 15 is 0 Å². The highest BCUT2D eigenvalue weighted by molar-refractivity contribution is 6.31. The van der Waals surface area contributed by atoms with E-state index in [-0.39, 0.29) is 0 Å². The first-order chi connectivity index (χ1) is 11.2. The first-order valence-corrected chi connectivity index (χ1v) is 7.90. The molecule has 0 N–H and O–H groups in total. The number of rotatable bonds is 6. The highest BCUT2D eigenvalue weighted by Crippen LogP contribution is 2.24. The second-order valence-corrected chi connectivity index (χ2v) is 5.48. The summed E-state index contributed by atoms with van der Waals surface area (Å²) in [4.78, 5) is 2.15. The summed E-state index contributed by atoms with van der Waals surface area (Å²) in [5.41, 5.74) is 3.10. The largest absolute Gasteiger partial charge is 0.489 e. The van der Waals surface area contributed by atoms with E-state index in [0.29, 0.717) is 6.61 Å². The highest BCUT2D eigenvalue weighted by atomic mass is 35.5. The molecule has 23 heavy (non-hydrogen) atoms. The van der Waals surface area contributed by atoms with Crippen LogP contribution in [0, 0.1) is 12.3 Å². The van der Waals surface area contributed by atoms with Gasteiger partial charge in [-0.25, -0.2) is 0 Å². The number of hydrogen-bond donors (Lipinski definition) is 0. The zero-order chi connectivity index (χ0) is 16.7. The van der Waals surface area contributed by atoms with Gasteiger partial charge in [0.15, 0.2) is 0 Å². The minimum Gasteiger partial charge on any atom is -0.489 e. The molecule has 2 aromatic rings. The number of terminal acetylenes is 1. The monoisotopic (exact) mass is 325 g/mol. The Balaban J connectivity index is 2.06. The number of halogens is 1. The summed E-state index contributed by atoms with van der Waals surface area (Å²) in [7, 11) is 0. The molecule has 0 fully saturated rings. The molecule has 0 aliphatic carbocycles. The van der Waals surface area contributed by atoms with Gasteiger partial charge in [-0.15, -0.1) is 6.42 Å². The maximum atomic E-state index is 6.13. The van der Waals surface area contributed by atoms with Crippen molar-refractivity contribution >= 4 is 17.3 Å². The summed E-state index contributed by atoms with van der Waals surface area (Å²) in [5.74, 6) is 3.37. The van der Waals surface area contributed by atoms with Crippen molar-refractivity contribution in [2.75, 3.05) is 11.4 Å². The molecule has 0 bridgehead atoms. The van der Waals surface area contributed by atoms with Gasteiger partial charge in [0.2, 0.25) is 0 Å². The lowest BCUT2D eigenvalue weighted by atomic mass is 10.2. The molecule has 0 saturated carbocycles. The van der Waals surface area contributed by atoms with Crippen molar-refractivity contribution in [2.45, 2.75) is 20.5 Å². The van der Waals surface area contributed by atoms with E-state index in [1.54, 1.807) is 6.08 Å². The first-order valence-electron chi connectivity index (χ1n) is 7.52. The Kier molecular flexibility index (Phi) is 6.14. The van der Waals surface area contributed by atoms with Crippen molar-refractivity contribution in [3.63, 3.8) is 0 Å². The van der Waals surface area contributed by atoms with Crippen LogP contribution in [0.4, 0.5) is 5.69 Å². The molecule has 3 heteroatoms. The number of benzene rings is 2. The molecule has 2 nitrogen and oxygen atoms in total. The average molecular weight is 326 g/mol. The van der Waals surface area contributed by atoms with E-state index in [2.05, 4.69) is 17.7 Å². The lowest BCUT2D eigenvalue weighted by molar-refractivity contribution is 0.306. The van der Waals surface area contributed by atoms with Crippen LogP contribution in [0.3, 0.4) is 0 Å². The van der Waals surface area contributed by atoms with Crippen molar-refractivity contribution in [3.8, 4) is 18.1 Å². The molecule has 0 aliphatic heterocycles. The van der Waals surface area contributed by atoms with E-state index in [1.165, 1.54) is 0 Å². The Morgan fingerprint density at radius 2 is 1.91 bits per heavy atom. The van der Waals surface area contributed by atoms with Crippen LogP contribution in [0.15, 0.2) is 60.3 Å². The van der Waals surface area contributed by atoms with Crippen LogP contribution < -0.4 is 9.64 Å². The van der Waals surface area contributed by atoms with Crippen LogP contribution in [0.5, 0.6) is 5.75 Å². The number of nitrogens with zero attached hydrogens (tertiary/aromatic N) is 1. The third-order valence-electron chi connectivity index (χ3n) is 3.53. The molecule has 0 radical (unpaired) electrons. The fourth-order valence-electron chi connectivity index (χ4n) is 2.33. The molecule has 0 atom stereocenters. The van der Waals surface area contributed by atoms with Crippen molar-refractivity contribution in [1.29, 1.82) is 0 Å². The summed E-state index contributed by atoms with van der Waals surface area (Å²) < 4.78 is 5.80. The third-order valence-corrected chi connectivity index (χ3v) is 3.90. The number of allylic oxidation sites excluding steroid dienone is 2. The van der Waals surface area contributed by atoms with E-state index in [0.717, 1.165) is 34.3 Å². The Bertz CT molecular complexity index is 713. The predicted molar refractivity (Wildman–Crippen MR) is 97.8 cm³/mol. The van der Waals surface area contributed by atoms with Gasteiger partial charge in [0.05, 0.1) is 0 Å². The molecule has 2 rings (SSSR count). The van der Waals surface area contributed by atoms with Crippen LogP contribution >= 0.6 is 11.6 Å². The van der Waals surface area contributed by atoms with Gasteiger partial charge in [-0.2, -0.15) is 0 Å². The normalized spacial score (nSPS) is 11.0. The number of anilines is 1. The van der Waals surface area contributed by atoms with Crippen molar-refractivity contribution in [2.24, 2.45) is 0 Å². The fourth-order valence-corrected chi connectivity index (χ4v) is 2.52. The predicted octanol–water partition coefficient (Wildman–Crippen LogP) is 5.28. The summed E-state index contributed by atoms with van der Waals surface area (Å²) >= 11 is 6.13. The molecule has 118 valence electrons. The quantitative estimate of drug-likeness (QED) is 0.670. The van der Waals surface area contributed by atoms with Crippen LogP contribution in [0.1, 0.15) is 19.4 Å². The molecule has 2 aromatic carbocycles. The topological polar surface area (TPSA) is 12.5 Å². The Morgan fingerprint density at radius 3 is 2.52 bits per heavy atom. The Labute approximate surface area is 143 Å². The first kappa shape index (κ1) is 17.0. The van der Waals surface area contributed by atoms with Gasteiger partial charge in [0, 0.05) is 34.6 Å². The molecule has 0 amide bonds. The van der Waals surface area contributed by atoms with Gasteiger partial charge in [-0.1, -0.05) is 35.7 Å². The molecular formula is C20H20ClNO. The van der Waals surface area contributed by atoms with Crippen LogP contribution in [0.2, 0.25) is 5.02 Å². The maximum Gasteiger partial charge on any atom is 0.119 e. The van der Waals surface area contributed by atoms with Gasteiger partial charge in [0.25, 0.3) is 0 Å². The Hall–Kier alpha value is -2.37. The van der Waals surface area contributed by atoms with E-state index < -0.39 is 0 Å². The minimum atomic E-state index is 0.451. The second kappa shape index (κ2) is 8.31. The van der Waals surface area contributed by atoms with E-state index in [4.69, 9.17) is 22.8 Å². The number of ether oxygens (including phenoxy) is 1. The van der Waals surface area contributed by atoms with E-state index in [9.17, 15) is 0 Å². The highest BCUT2D eigenvalue weighted by Gasteiger charge is 2.06. The van der Waals surface area contributed by atoms with Crippen LogP contribution in [0.25, 0.3) is 0 Å². The summed E-state index contributed by atoms with van der Waals surface area (Å²) in [6.07, 6.45) is 7.12. The molecule has 0 spiro atoms.